The number of para-hydroxylation sites is 1. The van der Waals surface area contributed by atoms with Gasteiger partial charge >= 0.3 is 0 Å². The zero-order chi connectivity index (χ0) is 27.9. The molecule has 3 aromatic carbocycles. The van der Waals surface area contributed by atoms with Gasteiger partial charge in [-0.05, 0) is 63.4 Å². The monoisotopic (exact) mass is 535 g/mol. The molecule has 7 nitrogen and oxygen atoms in total. The van der Waals surface area contributed by atoms with Gasteiger partial charge in [0.25, 0.3) is 10.0 Å². The van der Waals surface area contributed by atoms with E-state index in [1.807, 2.05) is 71.0 Å². The maximum Gasteiger partial charge on any atom is 0.264 e. The van der Waals surface area contributed by atoms with Crippen molar-refractivity contribution in [2.75, 3.05) is 10.8 Å². The summed E-state index contributed by atoms with van der Waals surface area (Å²) in [5.41, 5.74) is 3.07. The van der Waals surface area contributed by atoms with Crippen molar-refractivity contribution in [3.05, 3.63) is 95.6 Å². The van der Waals surface area contributed by atoms with E-state index in [0.717, 1.165) is 21.0 Å². The first kappa shape index (κ1) is 28.9. The number of benzene rings is 3. The molecule has 2 amide bonds. The lowest BCUT2D eigenvalue weighted by Crippen LogP contribution is -2.53. The number of nitrogens with zero attached hydrogens (tertiary/aromatic N) is 2. The van der Waals surface area contributed by atoms with Gasteiger partial charge in [0, 0.05) is 12.6 Å². The summed E-state index contributed by atoms with van der Waals surface area (Å²) < 4.78 is 28.8. The van der Waals surface area contributed by atoms with E-state index in [1.54, 1.807) is 30.3 Å². The van der Waals surface area contributed by atoms with Crippen molar-refractivity contribution in [3.8, 4) is 0 Å². The third-order valence-corrected chi connectivity index (χ3v) is 8.06. The zero-order valence-corrected chi connectivity index (χ0v) is 23.5. The number of anilines is 1. The third kappa shape index (κ3) is 7.01. The molecular weight excluding hydrogens is 498 g/mol. The summed E-state index contributed by atoms with van der Waals surface area (Å²) in [7, 11) is -4.07. The van der Waals surface area contributed by atoms with Crippen LogP contribution in [0.2, 0.25) is 0 Å². The molecule has 0 saturated carbocycles. The second-order valence-corrected chi connectivity index (χ2v) is 11.6. The van der Waals surface area contributed by atoms with Gasteiger partial charge in [0.1, 0.15) is 12.6 Å². The van der Waals surface area contributed by atoms with Crippen molar-refractivity contribution in [2.45, 2.75) is 64.6 Å². The van der Waals surface area contributed by atoms with E-state index >= 15 is 0 Å². The highest BCUT2D eigenvalue weighted by Crippen LogP contribution is 2.27. The zero-order valence-electron chi connectivity index (χ0n) is 22.7. The van der Waals surface area contributed by atoms with Crippen LogP contribution in [-0.2, 0) is 26.2 Å². The minimum absolute atomic E-state index is 0.0886. The Morgan fingerprint density at radius 2 is 1.47 bits per heavy atom. The van der Waals surface area contributed by atoms with Crippen LogP contribution in [0.1, 0.15) is 43.9 Å². The Balaban J connectivity index is 2.06. The van der Waals surface area contributed by atoms with Crippen molar-refractivity contribution in [1.29, 1.82) is 0 Å². The average molecular weight is 536 g/mol. The first-order chi connectivity index (χ1) is 18.0. The Morgan fingerprint density at radius 3 is 2.05 bits per heavy atom. The van der Waals surface area contributed by atoms with Gasteiger partial charge in [-0.3, -0.25) is 13.9 Å². The Hall–Kier alpha value is -3.65. The second kappa shape index (κ2) is 12.7. The van der Waals surface area contributed by atoms with Crippen LogP contribution in [0.5, 0.6) is 0 Å². The first-order valence-corrected chi connectivity index (χ1v) is 14.3. The van der Waals surface area contributed by atoms with E-state index in [4.69, 9.17) is 0 Å². The molecule has 0 radical (unpaired) electrons. The molecule has 0 fully saturated rings. The fourth-order valence-electron chi connectivity index (χ4n) is 4.27. The highest BCUT2D eigenvalue weighted by molar-refractivity contribution is 7.92. The molecule has 1 N–H and O–H groups in total. The Kier molecular flexibility index (Phi) is 9.69. The number of rotatable bonds is 11. The van der Waals surface area contributed by atoms with Gasteiger partial charge in [-0.1, -0.05) is 73.2 Å². The Bertz CT molecular complexity index is 1340. The number of carbonyl (C=O) groups excluding carboxylic acids is 2. The normalized spacial score (nSPS) is 12.2. The molecule has 3 aromatic rings. The maximum absolute atomic E-state index is 14.0. The number of aryl methyl sites for hydroxylation is 2. The predicted octanol–water partition coefficient (Wildman–Crippen LogP) is 4.83. The topological polar surface area (TPSA) is 86.8 Å². The highest BCUT2D eigenvalue weighted by Gasteiger charge is 2.34. The minimum Gasteiger partial charge on any atom is -0.352 e. The molecule has 0 saturated heterocycles. The van der Waals surface area contributed by atoms with Crippen LogP contribution in [0.15, 0.2) is 83.8 Å². The van der Waals surface area contributed by atoms with Crippen LogP contribution < -0.4 is 9.62 Å². The van der Waals surface area contributed by atoms with E-state index < -0.39 is 28.5 Å². The molecule has 1 atom stereocenters. The van der Waals surface area contributed by atoms with E-state index in [0.29, 0.717) is 12.1 Å². The fourth-order valence-corrected chi connectivity index (χ4v) is 5.77. The van der Waals surface area contributed by atoms with Gasteiger partial charge in [0.15, 0.2) is 0 Å². The van der Waals surface area contributed by atoms with Crippen LogP contribution in [0.4, 0.5) is 5.69 Å². The van der Waals surface area contributed by atoms with E-state index in [-0.39, 0.29) is 23.4 Å². The highest BCUT2D eigenvalue weighted by atomic mass is 32.2. The summed E-state index contributed by atoms with van der Waals surface area (Å²) in [6.07, 6.45) is 0.381. The van der Waals surface area contributed by atoms with Gasteiger partial charge in [-0.25, -0.2) is 8.42 Å². The quantitative estimate of drug-likeness (QED) is 0.381. The molecule has 0 spiro atoms. The van der Waals surface area contributed by atoms with Crippen LogP contribution >= 0.6 is 0 Å². The largest absolute Gasteiger partial charge is 0.352 e. The van der Waals surface area contributed by atoms with Crippen LogP contribution in [-0.4, -0.2) is 43.8 Å². The number of amides is 2. The smallest absolute Gasteiger partial charge is 0.264 e. The Morgan fingerprint density at radius 1 is 0.868 bits per heavy atom. The maximum atomic E-state index is 14.0. The summed E-state index contributed by atoms with van der Waals surface area (Å²) in [6.45, 7) is 9.09. The van der Waals surface area contributed by atoms with Crippen molar-refractivity contribution in [2.24, 2.45) is 0 Å². The van der Waals surface area contributed by atoms with E-state index in [1.165, 1.54) is 17.0 Å². The Labute approximate surface area is 226 Å². The lowest BCUT2D eigenvalue weighted by Gasteiger charge is -2.34. The molecule has 0 bridgehead atoms. The molecule has 0 heterocycles. The molecular formula is C30H37N3O4S. The van der Waals surface area contributed by atoms with Gasteiger partial charge in [0.05, 0.1) is 10.6 Å². The number of nitrogens with one attached hydrogen (secondary N) is 1. The molecule has 38 heavy (non-hydrogen) atoms. The van der Waals surface area contributed by atoms with Gasteiger partial charge in [-0.15, -0.1) is 0 Å². The standard InChI is InChI=1S/C30H37N3O4S/c1-6-27(30(35)31-22(2)3)32(20-25-18-16-23(4)17-19-25)29(34)21-33(28-15-11-10-12-24(28)5)38(36,37)26-13-8-7-9-14-26/h7-19,22,27H,6,20-21H2,1-5H3,(H,31,35)/t27-/m1/s1. The summed E-state index contributed by atoms with van der Waals surface area (Å²) in [6, 6.07) is 22.0. The van der Waals surface area contributed by atoms with Crippen molar-refractivity contribution in [3.63, 3.8) is 0 Å². The molecule has 0 aliphatic rings. The van der Waals surface area contributed by atoms with Gasteiger partial charge in [-0.2, -0.15) is 0 Å². The molecule has 0 unspecified atom stereocenters. The molecule has 0 aliphatic heterocycles. The van der Waals surface area contributed by atoms with Crippen molar-refractivity contribution >= 4 is 27.5 Å². The summed E-state index contributed by atoms with van der Waals surface area (Å²) in [5.74, 6) is -0.726. The summed E-state index contributed by atoms with van der Waals surface area (Å²) >= 11 is 0. The average Bonchev–Trinajstić information content (AvgIpc) is 2.88. The molecule has 3 rings (SSSR count). The van der Waals surface area contributed by atoms with Crippen LogP contribution in [0, 0.1) is 13.8 Å². The molecule has 0 aliphatic carbocycles. The van der Waals surface area contributed by atoms with Crippen molar-refractivity contribution in [1.82, 2.24) is 10.2 Å². The summed E-state index contributed by atoms with van der Waals surface area (Å²) in [5, 5.41) is 2.91. The number of sulfonamides is 1. The first-order valence-electron chi connectivity index (χ1n) is 12.8. The predicted molar refractivity (Wildman–Crippen MR) is 151 cm³/mol. The molecule has 202 valence electrons. The van der Waals surface area contributed by atoms with Gasteiger partial charge in [0.2, 0.25) is 11.8 Å². The van der Waals surface area contributed by atoms with Crippen LogP contribution in [0.3, 0.4) is 0 Å². The summed E-state index contributed by atoms with van der Waals surface area (Å²) in [4.78, 5) is 28.8. The minimum atomic E-state index is -4.07. The fraction of sp³-hybridized carbons (Fsp3) is 0.333. The second-order valence-electron chi connectivity index (χ2n) is 9.71. The number of hydrogen-bond acceptors (Lipinski definition) is 4. The van der Waals surface area contributed by atoms with Crippen LogP contribution in [0.25, 0.3) is 0 Å². The lowest BCUT2D eigenvalue weighted by atomic mass is 10.1. The SMILES string of the molecule is CC[C@H](C(=O)NC(C)C)N(Cc1ccc(C)cc1)C(=O)CN(c1ccccc1C)S(=O)(=O)c1ccccc1. The third-order valence-electron chi connectivity index (χ3n) is 6.28. The molecule has 8 heteroatoms. The van der Waals surface area contributed by atoms with Crippen molar-refractivity contribution < 1.29 is 18.0 Å². The lowest BCUT2D eigenvalue weighted by molar-refractivity contribution is -0.140. The van der Waals surface area contributed by atoms with E-state index in [2.05, 4.69) is 5.32 Å². The van der Waals surface area contributed by atoms with E-state index in [9.17, 15) is 18.0 Å². The number of carbonyl (C=O) groups is 2. The number of hydrogen-bond donors (Lipinski definition) is 1. The van der Waals surface area contributed by atoms with Gasteiger partial charge < -0.3 is 10.2 Å². The molecule has 0 aromatic heterocycles.